The van der Waals surface area contributed by atoms with Gasteiger partial charge in [0.25, 0.3) is 0 Å². The van der Waals surface area contributed by atoms with E-state index in [1.54, 1.807) is 24.3 Å². The van der Waals surface area contributed by atoms with Crippen LogP contribution in [0.5, 0.6) is 0 Å². The molecule has 28 heavy (non-hydrogen) atoms. The van der Waals surface area contributed by atoms with E-state index in [2.05, 4.69) is 11.2 Å². The van der Waals surface area contributed by atoms with Crippen molar-refractivity contribution >= 4 is 33.2 Å². The molecule has 2 aromatic rings. The maximum absolute atomic E-state index is 13.3. The van der Waals surface area contributed by atoms with Gasteiger partial charge in [-0.3, -0.25) is 4.79 Å². The van der Waals surface area contributed by atoms with E-state index < -0.39 is 15.8 Å². The van der Waals surface area contributed by atoms with Gasteiger partial charge in [0, 0.05) is 30.3 Å². The molecule has 0 aliphatic carbocycles. The third-order valence-corrected chi connectivity index (χ3v) is 6.83. The Hall–Kier alpha value is -2.40. The van der Waals surface area contributed by atoms with Crippen LogP contribution < -0.4 is 5.32 Å². The molecule has 1 amide bonds. The van der Waals surface area contributed by atoms with Crippen molar-refractivity contribution in [2.75, 3.05) is 18.4 Å². The molecular weight excluding hydrogens is 403 g/mol. The van der Waals surface area contributed by atoms with Crippen LogP contribution in [0.25, 0.3) is 0 Å². The number of nitrogens with zero attached hydrogens (tertiary/aromatic N) is 1. The van der Waals surface area contributed by atoms with Crippen molar-refractivity contribution in [2.45, 2.75) is 17.7 Å². The normalized spacial score (nSPS) is 15.8. The molecular formula is C20H18ClFN2O3S. The van der Waals surface area contributed by atoms with Gasteiger partial charge in [-0.1, -0.05) is 23.6 Å². The summed E-state index contributed by atoms with van der Waals surface area (Å²) in [6.07, 6.45) is 6.13. The van der Waals surface area contributed by atoms with Crippen LogP contribution in [0.2, 0.25) is 5.02 Å². The lowest BCUT2D eigenvalue weighted by Crippen LogP contribution is -2.41. The SMILES string of the molecule is C#Cc1cccc(NC(=O)C2CCN(S(=O)(=O)c3ccc(F)c(Cl)c3)CC2)c1. The van der Waals surface area contributed by atoms with Crippen molar-refractivity contribution in [3.05, 3.63) is 58.9 Å². The summed E-state index contributed by atoms with van der Waals surface area (Å²) in [6.45, 7) is 0.389. The van der Waals surface area contributed by atoms with Crippen LogP contribution in [-0.4, -0.2) is 31.7 Å². The molecule has 1 aliphatic rings. The summed E-state index contributed by atoms with van der Waals surface area (Å²) >= 11 is 5.70. The summed E-state index contributed by atoms with van der Waals surface area (Å²) < 4.78 is 40.0. The van der Waals surface area contributed by atoms with Crippen molar-refractivity contribution in [3.8, 4) is 12.3 Å². The minimum absolute atomic E-state index is 0.0621. The molecule has 0 unspecified atom stereocenters. The fourth-order valence-electron chi connectivity index (χ4n) is 3.08. The van der Waals surface area contributed by atoms with Gasteiger partial charge in [-0.2, -0.15) is 4.31 Å². The Labute approximate surface area is 168 Å². The monoisotopic (exact) mass is 420 g/mol. The third-order valence-electron chi connectivity index (χ3n) is 4.65. The van der Waals surface area contributed by atoms with Crippen LogP contribution in [0.3, 0.4) is 0 Å². The van der Waals surface area contributed by atoms with Crippen LogP contribution in [-0.2, 0) is 14.8 Å². The Morgan fingerprint density at radius 3 is 2.57 bits per heavy atom. The maximum Gasteiger partial charge on any atom is 0.243 e. The van der Waals surface area contributed by atoms with Crippen LogP contribution >= 0.6 is 11.6 Å². The quantitative estimate of drug-likeness (QED) is 0.770. The zero-order valence-corrected chi connectivity index (χ0v) is 16.4. The molecule has 1 saturated heterocycles. The molecule has 0 radical (unpaired) electrons. The Kier molecular flexibility index (Phi) is 6.04. The number of sulfonamides is 1. The summed E-state index contributed by atoms with van der Waals surface area (Å²) in [4.78, 5) is 12.4. The zero-order valence-electron chi connectivity index (χ0n) is 14.9. The number of hydrogen-bond donors (Lipinski definition) is 1. The van der Waals surface area contributed by atoms with Crippen molar-refractivity contribution in [3.63, 3.8) is 0 Å². The average Bonchev–Trinajstić information content (AvgIpc) is 2.70. The molecule has 0 saturated carbocycles. The van der Waals surface area contributed by atoms with Gasteiger partial charge in [-0.25, -0.2) is 12.8 Å². The minimum Gasteiger partial charge on any atom is -0.326 e. The second-order valence-electron chi connectivity index (χ2n) is 6.47. The highest BCUT2D eigenvalue weighted by Crippen LogP contribution is 2.27. The number of carbonyl (C=O) groups is 1. The van der Waals surface area contributed by atoms with Gasteiger partial charge in [0.15, 0.2) is 0 Å². The molecule has 5 nitrogen and oxygen atoms in total. The van der Waals surface area contributed by atoms with E-state index in [9.17, 15) is 17.6 Å². The molecule has 146 valence electrons. The van der Waals surface area contributed by atoms with Gasteiger partial charge in [0.05, 0.1) is 9.92 Å². The Balaban J connectivity index is 1.64. The number of benzene rings is 2. The predicted molar refractivity (Wildman–Crippen MR) is 106 cm³/mol. The van der Waals surface area contributed by atoms with Gasteiger partial charge >= 0.3 is 0 Å². The third kappa shape index (κ3) is 4.36. The number of piperidine rings is 1. The van der Waals surface area contributed by atoms with E-state index in [1.807, 2.05) is 0 Å². The number of amides is 1. The Morgan fingerprint density at radius 1 is 1.21 bits per heavy atom. The first-order chi connectivity index (χ1) is 13.3. The van der Waals surface area contributed by atoms with Crippen molar-refractivity contribution in [2.24, 2.45) is 5.92 Å². The van der Waals surface area contributed by atoms with E-state index in [4.69, 9.17) is 18.0 Å². The number of anilines is 1. The van der Waals surface area contributed by atoms with Gasteiger partial charge in [-0.15, -0.1) is 6.42 Å². The molecule has 1 aliphatic heterocycles. The molecule has 8 heteroatoms. The standard InChI is InChI=1S/C20H18ClFN2O3S/c1-2-14-4-3-5-16(12-14)23-20(25)15-8-10-24(11-9-15)28(26,27)17-6-7-19(22)18(21)13-17/h1,3-7,12-13,15H,8-11H2,(H,23,25). The predicted octanol–water partition coefficient (Wildman–Crippen LogP) is 3.50. The minimum atomic E-state index is -3.79. The molecule has 1 fully saturated rings. The lowest BCUT2D eigenvalue weighted by Gasteiger charge is -2.30. The van der Waals surface area contributed by atoms with Gasteiger partial charge in [-0.05, 0) is 49.2 Å². The van der Waals surface area contributed by atoms with E-state index in [-0.39, 0.29) is 34.8 Å². The molecule has 0 aromatic heterocycles. The molecule has 0 bridgehead atoms. The van der Waals surface area contributed by atoms with Crippen molar-refractivity contribution < 1.29 is 17.6 Å². The van der Waals surface area contributed by atoms with Gasteiger partial charge in [0.2, 0.25) is 15.9 Å². The van der Waals surface area contributed by atoms with E-state index in [1.165, 1.54) is 10.4 Å². The van der Waals surface area contributed by atoms with Crippen LogP contribution in [0.1, 0.15) is 18.4 Å². The molecule has 0 atom stereocenters. The van der Waals surface area contributed by atoms with Gasteiger partial charge in [0.1, 0.15) is 5.82 Å². The van der Waals surface area contributed by atoms with E-state index in [0.717, 1.165) is 12.1 Å². The molecule has 3 rings (SSSR count). The highest BCUT2D eigenvalue weighted by molar-refractivity contribution is 7.89. The van der Waals surface area contributed by atoms with Crippen molar-refractivity contribution in [1.29, 1.82) is 0 Å². The first-order valence-corrected chi connectivity index (χ1v) is 10.5. The molecule has 0 spiro atoms. The first-order valence-electron chi connectivity index (χ1n) is 8.64. The topological polar surface area (TPSA) is 66.5 Å². The zero-order chi connectivity index (χ0) is 20.3. The largest absolute Gasteiger partial charge is 0.326 e. The van der Waals surface area contributed by atoms with E-state index >= 15 is 0 Å². The summed E-state index contributed by atoms with van der Waals surface area (Å²) in [5, 5.41) is 2.58. The second kappa shape index (κ2) is 8.31. The van der Waals surface area contributed by atoms with Crippen LogP contribution in [0.4, 0.5) is 10.1 Å². The number of carbonyl (C=O) groups excluding carboxylic acids is 1. The number of rotatable bonds is 4. The summed E-state index contributed by atoms with van der Waals surface area (Å²) in [7, 11) is -3.79. The second-order valence-corrected chi connectivity index (χ2v) is 8.81. The molecule has 1 heterocycles. The highest BCUT2D eigenvalue weighted by atomic mass is 35.5. The van der Waals surface area contributed by atoms with E-state index in [0.29, 0.717) is 24.1 Å². The summed E-state index contributed by atoms with van der Waals surface area (Å²) in [5.41, 5.74) is 1.27. The Morgan fingerprint density at radius 2 is 1.93 bits per heavy atom. The maximum atomic E-state index is 13.3. The smallest absolute Gasteiger partial charge is 0.243 e. The highest BCUT2D eigenvalue weighted by Gasteiger charge is 2.32. The fourth-order valence-corrected chi connectivity index (χ4v) is 4.82. The number of terminal acetylenes is 1. The fraction of sp³-hybridized carbons (Fsp3) is 0.250. The van der Waals surface area contributed by atoms with Crippen molar-refractivity contribution in [1.82, 2.24) is 4.31 Å². The molecule has 2 aromatic carbocycles. The number of nitrogens with one attached hydrogen (secondary N) is 1. The van der Waals surface area contributed by atoms with Crippen LogP contribution in [0.15, 0.2) is 47.4 Å². The number of halogens is 2. The number of hydrogen-bond acceptors (Lipinski definition) is 3. The Bertz CT molecular complexity index is 1040. The summed E-state index contributed by atoms with van der Waals surface area (Å²) in [5.74, 6) is 1.35. The summed E-state index contributed by atoms with van der Waals surface area (Å²) in [6, 6.07) is 10.3. The van der Waals surface area contributed by atoms with Crippen LogP contribution in [0, 0.1) is 24.1 Å². The van der Waals surface area contributed by atoms with Gasteiger partial charge < -0.3 is 5.32 Å². The lowest BCUT2D eigenvalue weighted by atomic mass is 9.97. The lowest BCUT2D eigenvalue weighted by molar-refractivity contribution is -0.120. The first kappa shape index (κ1) is 20.3. The molecule has 1 N–H and O–H groups in total. The average molecular weight is 421 g/mol.